The van der Waals surface area contributed by atoms with Crippen molar-refractivity contribution in [3.8, 4) is 0 Å². The highest BCUT2D eigenvalue weighted by atomic mass is 28.4. The fourth-order valence-electron chi connectivity index (χ4n) is 8.90. The summed E-state index contributed by atoms with van der Waals surface area (Å²) in [5.41, 5.74) is -0.156. The number of aliphatic hydroxyl groups excluding tert-OH is 1. The molecule has 0 aromatic heterocycles. The Balaban J connectivity index is 2.40. The van der Waals surface area contributed by atoms with Gasteiger partial charge in [-0.3, -0.25) is 19.2 Å². The monoisotopic (exact) mass is 652 g/mol. The number of carbonyl (C=O) groups is 4. The van der Waals surface area contributed by atoms with Crippen molar-refractivity contribution in [2.24, 2.45) is 28.6 Å². The van der Waals surface area contributed by atoms with Crippen LogP contribution in [-0.2, 0) is 42.6 Å². The predicted octanol–water partition coefficient (Wildman–Crippen LogP) is 5.50. The van der Waals surface area contributed by atoms with Crippen LogP contribution in [0.5, 0.6) is 0 Å². The summed E-state index contributed by atoms with van der Waals surface area (Å²) in [5.74, 6) is -2.90. The maximum absolute atomic E-state index is 12.9. The molecule has 3 rings (SSSR count). The molecule has 2 saturated carbocycles. The van der Waals surface area contributed by atoms with E-state index in [0.717, 1.165) is 29.3 Å². The van der Waals surface area contributed by atoms with Gasteiger partial charge < -0.3 is 28.5 Å². The first-order valence-electron chi connectivity index (χ1n) is 16.6. The number of esters is 4. The topological polar surface area (TPSA) is 135 Å². The van der Waals surface area contributed by atoms with Crippen LogP contribution in [-0.4, -0.2) is 74.4 Å². The molecule has 256 valence electrons. The average molecular weight is 653 g/mol. The van der Waals surface area contributed by atoms with E-state index in [2.05, 4.69) is 34.6 Å². The van der Waals surface area contributed by atoms with Crippen LogP contribution < -0.4 is 0 Å². The Kier molecular flexibility index (Phi) is 11.8. The van der Waals surface area contributed by atoms with Crippen LogP contribution in [0.1, 0.15) is 95.4 Å². The Labute approximate surface area is 270 Å². The summed E-state index contributed by atoms with van der Waals surface area (Å²) in [4.78, 5) is 50.7. The van der Waals surface area contributed by atoms with E-state index < -0.39 is 73.5 Å². The molecule has 0 heterocycles. The van der Waals surface area contributed by atoms with E-state index >= 15 is 0 Å². The van der Waals surface area contributed by atoms with Gasteiger partial charge in [-0.2, -0.15) is 0 Å². The number of carbonyl (C=O) groups excluding carboxylic acids is 4. The second-order valence-corrected chi connectivity index (χ2v) is 18.9. The van der Waals surface area contributed by atoms with Crippen LogP contribution in [0.2, 0.25) is 18.1 Å². The summed E-state index contributed by atoms with van der Waals surface area (Å²) in [6.45, 7) is 19.6. The second kappa shape index (κ2) is 14.3. The molecule has 10 nitrogen and oxygen atoms in total. The SMILES string of the molecule is CC[Si](CC)(CC)O[C@H]1C[C@H](OC(C)=O)[C@]2(C)[C@H](C[C@@H]3C[C@H](OC(C)=O)C(C)=C([C@@H](OC(C)=O)[C@@H]2OC(C)=O)C3(C)C)[C@H]1CO. The van der Waals surface area contributed by atoms with Crippen molar-refractivity contribution in [3.63, 3.8) is 0 Å². The smallest absolute Gasteiger partial charge is 0.303 e. The van der Waals surface area contributed by atoms with Gasteiger partial charge in [0.25, 0.3) is 0 Å². The summed E-state index contributed by atoms with van der Waals surface area (Å²) in [7, 11) is -2.18. The number of rotatable bonds is 10. The van der Waals surface area contributed by atoms with Gasteiger partial charge in [-0.05, 0) is 66.3 Å². The Hall–Kier alpha value is -2.24. The Morgan fingerprint density at radius 2 is 1.33 bits per heavy atom. The number of ether oxygens (including phenoxy) is 4. The third-order valence-electron chi connectivity index (χ3n) is 11.5. The molecule has 0 radical (unpaired) electrons. The maximum atomic E-state index is 12.9. The molecule has 0 amide bonds. The third kappa shape index (κ3) is 7.20. The zero-order chi connectivity index (χ0) is 34.1. The van der Waals surface area contributed by atoms with Gasteiger partial charge in [-0.15, -0.1) is 0 Å². The summed E-state index contributed by atoms with van der Waals surface area (Å²) in [6.07, 6.45) is -2.48. The molecule has 3 aliphatic rings. The average Bonchev–Trinajstić information content (AvgIpc) is 2.93. The molecule has 9 atom stereocenters. The first-order valence-corrected chi connectivity index (χ1v) is 19.1. The van der Waals surface area contributed by atoms with Crippen LogP contribution in [0.25, 0.3) is 0 Å². The van der Waals surface area contributed by atoms with Gasteiger partial charge >= 0.3 is 23.9 Å². The van der Waals surface area contributed by atoms with E-state index in [-0.39, 0.29) is 24.4 Å². The molecule has 11 heteroatoms. The molecule has 0 aliphatic heterocycles. The van der Waals surface area contributed by atoms with Gasteiger partial charge in [0.1, 0.15) is 12.2 Å². The molecular formula is C34H56O10Si. The van der Waals surface area contributed by atoms with E-state index in [0.29, 0.717) is 19.3 Å². The first-order chi connectivity index (χ1) is 20.9. The Morgan fingerprint density at radius 3 is 1.80 bits per heavy atom. The van der Waals surface area contributed by atoms with Gasteiger partial charge in [0, 0.05) is 52.1 Å². The van der Waals surface area contributed by atoms with Gasteiger partial charge in [-0.1, -0.05) is 41.5 Å². The number of aliphatic hydroxyl groups is 1. The minimum Gasteiger partial charge on any atom is -0.462 e. The van der Waals surface area contributed by atoms with Crippen molar-refractivity contribution in [1.29, 1.82) is 0 Å². The fourth-order valence-corrected chi connectivity index (χ4v) is 11.8. The molecule has 3 aliphatic carbocycles. The van der Waals surface area contributed by atoms with Crippen LogP contribution in [0.15, 0.2) is 11.1 Å². The lowest BCUT2D eigenvalue weighted by molar-refractivity contribution is -0.231. The van der Waals surface area contributed by atoms with E-state index in [1.807, 2.05) is 13.8 Å². The first kappa shape index (κ1) is 37.2. The highest BCUT2D eigenvalue weighted by Gasteiger charge is 2.65. The van der Waals surface area contributed by atoms with E-state index in [1.165, 1.54) is 27.7 Å². The van der Waals surface area contributed by atoms with Crippen molar-refractivity contribution in [1.82, 2.24) is 0 Å². The van der Waals surface area contributed by atoms with Gasteiger partial charge in [0.15, 0.2) is 20.5 Å². The number of hydrogen-bond acceptors (Lipinski definition) is 10. The maximum Gasteiger partial charge on any atom is 0.303 e. The largest absolute Gasteiger partial charge is 0.462 e. The van der Waals surface area contributed by atoms with Crippen LogP contribution >= 0.6 is 0 Å². The van der Waals surface area contributed by atoms with Crippen LogP contribution in [0.4, 0.5) is 0 Å². The van der Waals surface area contributed by atoms with E-state index in [1.54, 1.807) is 0 Å². The summed E-state index contributed by atoms with van der Waals surface area (Å²) in [6, 6.07) is 2.73. The molecule has 0 unspecified atom stereocenters. The highest BCUT2D eigenvalue weighted by Crippen LogP contribution is 2.61. The van der Waals surface area contributed by atoms with Crippen molar-refractivity contribution in [2.45, 2.75) is 144 Å². The molecule has 2 bridgehead atoms. The summed E-state index contributed by atoms with van der Waals surface area (Å²) >= 11 is 0. The zero-order valence-electron chi connectivity index (χ0n) is 29.2. The lowest BCUT2D eigenvalue weighted by Gasteiger charge is -2.61. The quantitative estimate of drug-likeness (QED) is 0.139. The van der Waals surface area contributed by atoms with Gasteiger partial charge in [0.05, 0.1) is 6.10 Å². The van der Waals surface area contributed by atoms with E-state index in [9.17, 15) is 24.3 Å². The molecular weight excluding hydrogens is 596 g/mol. The fraction of sp³-hybridized carbons (Fsp3) is 0.824. The third-order valence-corrected chi connectivity index (χ3v) is 16.2. The second-order valence-electron chi connectivity index (χ2n) is 14.2. The van der Waals surface area contributed by atoms with Crippen LogP contribution in [0, 0.1) is 28.6 Å². The molecule has 1 N–H and O–H groups in total. The minimum atomic E-state index is -2.18. The molecule has 45 heavy (non-hydrogen) atoms. The van der Waals surface area contributed by atoms with Crippen molar-refractivity contribution < 1.29 is 47.7 Å². The Bertz CT molecular complexity index is 1150. The summed E-state index contributed by atoms with van der Waals surface area (Å²) in [5, 5.41) is 11.2. The Morgan fingerprint density at radius 1 is 0.800 bits per heavy atom. The van der Waals surface area contributed by atoms with Gasteiger partial charge in [-0.25, -0.2) is 0 Å². The molecule has 0 saturated heterocycles. The molecule has 2 fully saturated rings. The van der Waals surface area contributed by atoms with E-state index in [4.69, 9.17) is 23.4 Å². The highest BCUT2D eigenvalue weighted by molar-refractivity contribution is 6.73. The number of fused-ring (bicyclic) bond motifs is 3. The molecule has 0 aromatic rings. The standard InChI is InChI=1S/C34H56O10Si/c1-12-45(13-2,14-3)44-28-17-29(41-21(6)37)34(11)26(25(28)18-35)15-24-16-27(40-20(5)36)19(4)30(33(24,9)10)31(42-22(7)38)32(34)43-23(8)39/h24-29,31-32,35H,12-18H2,1-11H3/t24-,25-,26-,27+,28+,29+,31-,32+,34+/m1/s1. The molecule has 0 aromatic carbocycles. The summed E-state index contributed by atoms with van der Waals surface area (Å²) < 4.78 is 31.4. The lowest BCUT2D eigenvalue weighted by atomic mass is 9.48. The van der Waals surface area contributed by atoms with Crippen molar-refractivity contribution in [2.75, 3.05) is 6.61 Å². The molecule has 0 spiro atoms. The van der Waals surface area contributed by atoms with Gasteiger partial charge in [0.2, 0.25) is 0 Å². The zero-order valence-corrected chi connectivity index (χ0v) is 30.2. The van der Waals surface area contributed by atoms with Crippen LogP contribution in [0.3, 0.4) is 0 Å². The van der Waals surface area contributed by atoms with Crippen molar-refractivity contribution >= 4 is 32.2 Å². The van der Waals surface area contributed by atoms with Crippen molar-refractivity contribution in [3.05, 3.63) is 11.1 Å². The predicted molar refractivity (Wildman–Crippen MR) is 170 cm³/mol. The normalized spacial score (nSPS) is 34.5. The minimum absolute atomic E-state index is 0.0856. The lowest BCUT2D eigenvalue weighted by Crippen LogP contribution is -2.67. The number of hydrogen-bond donors (Lipinski definition) is 1.